The van der Waals surface area contributed by atoms with E-state index in [0.717, 1.165) is 7.11 Å². The molecule has 0 bridgehead atoms. The minimum absolute atomic E-state index is 0.0288. The van der Waals surface area contributed by atoms with Crippen molar-refractivity contribution in [1.82, 2.24) is 0 Å². The van der Waals surface area contributed by atoms with Crippen LogP contribution >= 0.6 is 0 Å². The largest absolute Gasteiger partial charge is 0.456 e. The van der Waals surface area contributed by atoms with Crippen molar-refractivity contribution in [2.45, 2.75) is 15.5 Å². The summed E-state index contributed by atoms with van der Waals surface area (Å²) in [6.45, 7) is 0. The molecule has 3 N–H and O–H groups in total. The lowest BCUT2D eigenvalue weighted by atomic mass is 9.92. The van der Waals surface area contributed by atoms with Crippen LogP contribution in [0.2, 0.25) is 0 Å². The van der Waals surface area contributed by atoms with Crippen molar-refractivity contribution in [1.29, 1.82) is 0 Å². The van der Waals surface area contributed by atoms with E-state index < -0.39 is 41.0 Å². The molecule has 1 aliphatic heterocycles. The number of benzene rings is 5. The Balaban J connectivity index is 1.80. The number of para-hydroxylation sites is 2. The lowest BCUT2D eigenvalue weighted by Gasteiger charge is -2.20. The summed E-state index contributed by atoms with van der Waals surface area (Å²) >= 11 is 0. The lowest BCUT2D eigenvalue weighted by Crippen LogP contribution is -2.15. The summed E-state index contributed by atoms with van der Waals surface area (Å²) in [5, 5.41) is 3.27. The molecule has 0 unspecified atom stereocenters. The summed E-state index contributed by atoms with van der Waals surface area (Å²) in [6, 6.07) is 28.3. The van der Waals surface area contributed by atoms with E-state index >= 15 is 0 Å². The minimum atomic E-state index is -4.84. The Morgan fingerprint density at radius 3 is 2.04 bits per heavy atom. The fraction of sp³-hybridized carbons (Fsp3) is 0.0606. The van der Waals surface area contributed by atoms with Crippen LogP contribution in [-0.4, -0.2) is 41.5 Å². The van der Waals surface area contributed by atoms with Crippen LogP contribution in [-0.2, 0) is 40.3 Å². The van der Waals surface area contributed by atoms with E-state index in [1.54, 1.807) is 60.7 Å². The zero-order chi connectivity index (χ0) is 34.3. The average Bonchev–Trinajstić information content (AvgIpc) is 3.04. The van der Waals surface area contributed by atoms with Gasteiger partial charge in [-0.05, 0) is 48.0 Å². The Labute approximate surface area is 276 Å². The highest BCUT2D eigenvalue weighted by atomic mass is 32.2. The Bertz CT molecular complexity index is 2550. The maximum atomic E-state index is 13.3. The Kier molecular flexibility index (Phi) is 8.67. The molecule has 6 rings (SSSR count). The van der Waals surface area contributed by atoms with Crippen LogP contribution in [0, 0.1) is 0 Å². The van der Waals surface area contributed by atoms with Gasteiger partial charge in [-0.1, -0.05) is 54.6 Å². The van der Waals surface area contributed by atoms with Crippen LogP contribution < -0.4 is 10.7 Å². The van der Waals surface area contributed by atoms with Crippen molar-refractivity contribution < 1.29 is 43.0 Å². The van der Waals surface area contributed by atoms with Crippen LogP contribution in [0.3, 0.4) is 0 Å². The average molecular weight is 707 g/mol. The molecule has 0 aromatic heterocycles. The predicted molar refractivity (Wildman–Crippen MR) is 179 cm³/mol. The van der Waals surface area contributed by atoms with E-state index in [2.05, 4.69) is 10.3 Å². The quantitative estimate of drug-likeness (QED) is 0.0888. The summed E-state index contributed by atoms with van der Waals surface area (Å²) in [5.74, 6) is -0.764. The van der Waals surface area contributed by atoms with E-state index in [9.17, 15) is 34.4 Å². The first-order valence-corrected chi connectivity index (χ1v) is 18.5. The number of anilines is 2. The molecule has 12 nitrogen and oxygen atoms in total. The molecule has 15 heteroatoms. The van der Waals surface area contributed by atoms with E-state index in [1.165, 1.54) is 48.5 Å². The third kappa shape index (κ3) is 6.87. The van der Waals surface area contributed by atoms with Gasteiger partial charge in [0.1, 0.15) is 26.9 Å². The fourth-order valence-electron chi connectivity index (χ4n) is 5.31. The van der Waals surface area contributed by atoms with E-state index in [0.29, 0.717) is 11.4 Å². The monoisotopic (exact) mass is 706 g/mol. The third-order valence-corrected chi connectivity index (χ3v) is 10.2. The highest BCUT2D eigenvalue weighted by molar-refractivity contribution is 7.87. The summed E-state index contributed by atoms with van der Waals surface area (Å²) in [4.78, 5) is 3.74. The molecule has 0 saturated carbocycles. The smallest absolute Gasteiger partial charge is 0.298 e. The summed E-state index contributed by atoms with van der Waals surface area (Å²) in [7, 11) is -12.9. The van der Waals surface area contributed by atoms with Crippen molar-refractivity contribution in [3.63, 3.8) is 0 Å². The van der Waals surface area contributed by atoms with Gasteiger partial charge in [0, 0.05) is 39.9 Å². The molecule has 0 amide bonds. The maximum absolute atomic E-state index is 13.3. The van der Waals surface area contributed by atoms with Crippen LogP contribution in [0.1, 0.15) is 5.56 Å². The zero-order valence-electron chi connectivity index (χ0n) is 24.9. The highest BCUT2D eigenvalue weighted by Crippen LogP contribution is 2.45. The first-order chi connectivity index (χ1) is 22.7. The maximum Gasteiger partial charge on any atom is 0.298 e. The van der Waals surface area contributed by atoms with Gasteiger partial charge in [-0.3, -0.25) is 13.3 Å². The van der Waals surface area contributed by atoms with Crippen molar-refractivity contribution in [2.75, 3.05) is 12.4 Å². The zero-order valence-corrected chi connectivity index (χ0v) is 27.4. The Hall–Kier alpha value is -4.90. The predicted octanol–water partition coefficient (Wildman–Crippen LogP) is 6.15. The summed E-state index contributed by atoms with van der Waals surface area (Å²) < 4.78 is 107. The number of hydrogen-bond acceptors (Lipinski definition) is 10. The van der Waals surface area contributed by atoms with Gasteiger partial charge in [0.15, 0.2) is 0 Å². The van der Waals surface area contributed by atoms with Crippen molar-refractivity contribution in [3.8, 4) is 22.5 Å². The second-order valence-electron chi connectivity index (χ2n) is 10.6. The van der Waals surface area contributed by atoms with Crippen molar-refractivity contribution in [2.24, 2.45) is 4.99 Å². The number of nitrogens with one attached hydrogen (secondary N) is 1. The fourth-order valence-corrected chi connectivity index (χ4v) is 7.46. The lowest BCUT2D eigenvalue weighted by molar-refractivity contribution is 0.398. The topological polar surface area (TPSA) is 190 Å². The van der Waals surface area contributed by atoms with Crippen LogP contribution in [0.15, 0.2) is 128 Å². The minimum Gasteiger partial charge on any atom is -0.456 e. The van der Waals surface area contributed by atoms with Gasteiger partial charge in [0.2, 0.25) is 0 Å². The highest BCUT2D eigenvalue weighted by Gasteiger charge is 2.28. The molecule has 4 aromatic carbocycles. The Morgan fingerprint density at radius 2 is 1.40 bits per heavy atom. The first kappa shape index (κ1) is 33.0. The van der Waals surface area contributed by atoms with Gasteiger partial charge in [-0.15, -0.1) is 0 Å². The molecule has 0 saturated heterocycles. The van der Waals surface area contributed by atoms with Crippen LogP contribution in [0.4, 0.5) is 17.1 Å². The van der Waals surface area contributed by atoms with Gasteiger partial charge in [-0.2, -0.15) is 25.3 Å². The second-order valence-corrected chi connectivity index (χ2v) is 15.1. The normalized spacial score (nSPS) is 12.9. The molecule has 246 valence electrons. The molecule has 0 fully saturated rings. The molecule has 4 aromatic rings. The van der Waals surface area contributed by atoms with Crippen LogP contribution in [0.5, 0.6) is 0 Å². The molecule has 1 aliphatic carbocycles. The molecular formula is C33H26N2O10S3. The molecule has 0 atom stereocenters. The Morgan fingerprint density at radius 1 is 0.750 bits per heavy atom. The van der Waals surface area contributed by atoms with E-state index in [-0.39, 0.29) is 54.9 Å². The number of rotatable bonds is 9. The van der Waals surface area contributed by atoms with E-state index in [1.807, 2.05) is 0 Å². The van der Waals surface area contributed by atoms with Crippen LogP contribution in [0.25, 0.3) is 33.4 Å². The van der Waals surface area contributed by atoms with Gasteiger partial charge in [0.05, 0.1) is 23.8 Å². The number of fused-ring (bicyclic) bond motifs is 2. The molecule has 2 aliphatic rings. The molecule has 0 radical (unpaired) electrons. The molecule has 48 heavy (non-hydrogen) atoms. The van der Waals surface area contributed by atoms with Crippen molar-refractivity contribution >= 4 is 58.4 Å². The summed E-state index contributed by atoms with van der Waals surface area (Å²) in [5.41, 5.74) is 1.38. The second kappa shape index (κ2) is 12.6. The SMILES string of the molecule is COS(=O)(=O)c1cc2c(-c3ccccc3S(=O)(=O)O)c3cc(CS(=O)(=O)O)c(=Nc4ccccc4)cc-3oc2cc1Nc1ccccc1. The van der Waals surface area contributed by atoms with Gasteiger partial charge in [0.25, 0.3) is 30.4 Å². The van der Waals surface area contributed by atoms with Gasteiger partial charge in [-0.25, -0.2) is 4.99 Å². The molecule has 1 heterocycles. The van der Waals surface area contributed by atoms with Gasteiger partial charge < -0.3 is 9.73 Å². The molecular weight excluding hydrogens is 681 g/mol. The van der Waals surface area contributed by atoms with Gasteiger partial charge >= 0.3 is 0 Å². The summed E-state index contributed by atoms with van der Waals surface area (Å²) in [6.07, 6.45) is 0. The van der Waals surface area contributed by atoms with E-state index in [4.69, 9.17) is 8.60 Å². The third-order valence-electron chi connectivity index (χ3n) is 7.34. The molecule has 0 spiro atoms. The number of hydrogen-bond donors (Lipinski definition) is 3. The standard InChI is InChI=1S/C33H26N2O10S3/c1-44-48(42,43)32-17-26-30(19-28(32)35-23-12-6-3-7-13-23)45-29-18-27(34-22-10-4-2-5-11-22)21(20-46(36,37)38)16-25(29)33(26)24-14-8-9-15-31(24)47(39,40)41/h2-19,35H,20H2,1H3,(H,36,37,38)(H,39,40,41). The number of nitrogens with zero attached hydrogens (tertiary/aromatic N) is 1. The first-order valence-electron chi connectivity index (χ1n) is 14.1. The van der Waals surface area contributed by atoms with Crippen molar-refractivity contribution in [3.05, 3.63) is 120 Å².